The molecule has 0 saturated heterocycles. The maximum absolute atomic E-state index is 12.3. The van der Waals surface area contributed by atoms with Crippen molar-refractivity contribution in [2.24, 2.45) is 22.7 Å². The third kappa shape index (κ3) is 5.37. The number of rotatable bonds is 9. The molecule has 0 aromatic carbocycles. The van der Waals surface area contributed by atoms with Gasteiger partial charge in [0.25, 0.3) is 0 Å². The van der Waals surface area contributed by atoms with Crippen LogP contribution in [-0.4, -0.2) is 47.9 Å². The van der Waals surface area contributed by atoms with Gasteiger partial charge in [0.15, 0.2) is 5.82 Å². The molecule has 1 aliphatic rings. The van der Waals surface area contributed by atoms with Crippen LogP contribution >= 0.6 is 0 Å². The molecule has 4 unspecified atom stereocenters. The predicted molar refractivity (Wildman–Crippen MR) is 114 cm³/mol. The number of carbonyl (C=O) groups is 2. The van der Waals surface area contributed by atoms with E-state index in [0.29, 0.717) is 12.7 Å². The first-order valence-corrected chi connectivity index (χ1v) is 9.33. The van der Waals surface area contributed by atoms with Crippen molar-refractivity contribution in [3.05, 3.63) is 41.4 Å². The molecule has 29 heavy (non-hydrogen) atoms. The number of amides is 1. The van der Waals surface area contributed by atoms with E-state index in [9.17, 15) is 9.59 Å². The molecule has 0 saturated carbocycles. The van der Waals surface area contributed by atoms with E-state index in [1.54, 1.807) is 26.4 Å². The summed E-state index contributed by atoms with van der Waals surface area (Å²) in [5.41, 5.74) is 2.99. The number of hydrogen-bond acceptors (Lipinski definition) is 7. The highest BCUT2D eigenvalue weighted by Crippen LogP contribution is 2.35. The van der Waals surface area contributed by atoms with Crippen molar-refractivity contribution in [1.29, 1.82) is 10.8 Å². The summed E-state index contributed by atoms with van der Waals surface area (Å²) in [5, 5.41) is 17.6. The van der Waals surface area contributed by atoms with Gasteiger partial charge >= 0.3 is 0 Å². The summed E-state index contributed by atoms with van der Waals surface area (Å²) in [4.78, 5) is 35.9. The van der Waals surface area contributed by atoms with Crippen LogP contribution in [0.5, 0.6) is 0 Å². The van der Waals surface area contributed by atoms with Gasteiger partial charge < -0.3 is 20.9 Å². The Hall–Kier alpha value is -3.29. The summed E-state index contributed by atoms with van der Waals surface area (Å²) in [6, 6.07) is 0. The zero-order chi connectivity index (χ0) is 21.4. The van der Waals surface area contributed by atoms with Crippen molar-refractivity contribution in [3.63, 3.8) is 0 Å². The Balaban J connectivity index is 2.14. The van der Waals surface area contributed by atoms with Crippen LogP contribution in [0.2, 0.25) is 0 Å². The number of carbonyl (C=O) groups excluding carboxylic acids is 2. The SMILES string of the molecule is CN=CC(C=N)C1=CC=C(C)C(c2cnc(NC(=O)C(C=N)C(C)C=O)cn2)C1. The maximum atomic E-state index is 12.3. The predicted octanol–water partition coefficient (Wildman–Crippen LogP) is 2.84. The molecule has 1 aliphatic carbocycles. The third-order valence-electron chi connectivity index (χ3n) is 5.01. The van der Waals surface area contributed by atoms with E-state index in [4.69, 9.17) is 10.8 Å². The fourth-order valence-corrected chi connectivity index (χ4v) is 3.15. The molecule has 8 nitrogen and oxygen atoms in total. The standard InChI is InChI=1S/C21H26N6O2/c1-13-4-5-15(16(7-22)9-24-3)6-17(13)19-10-26-20(11-25-19)27-21(29)18(8-23)14(2)12-28/h4-5,7-12,14,16-18,22-23H,6H2,1-3H3,(H,26,27,29). The lowest BCUT2D eigenvalue weighted by Gasteiger charge is -2.24. The highest BCUT2D eigenvalue weighted by atomic mass is 16.2. The topological polar surface area (TPSA) is 132 Å². The van der Waals surface area contributed by atoms with Gasteiger partial charge in [0, 0.05) is 43.4 Å². The number of aldehydes is 1. The Morgan fingerprint density at radius 3 is 2.59 bits per heavy atom. The summed E-state index contributed by atoms with van der Waals surface area (Å²) < 4.78 is 0. The summed E-state index contributed by atoms with van der Waals surface area (Å²) in [5.74, 6) is -1.74. The average Bonchev–Trinajstić information content (AvgIpc) is 2.73. The Labute approximate surface area is 170 Å². The molecule has 0 bridgehead atoms. The lowest BCUT2D eigenvalue weighted by atomic mass is 9.81. The molecule has 3 N–H and O–H groups in total. The molecule has 8 heteroatoms. The fraction of sp³-hybridized carbons (Fsp3) is 0.381. The summed E-state index contributed by atoms with van der Waals surface area (Å²) >= 11 is 0. The van der Waals surface area contributed by atoms with Crippen molar-refractivity contribution in [1.82, 2.24) is 9.97 Å². The van der Waals surface area contributed by atoms with Crippen LogP contribution in [0.15, 0.2) is 40.7 Å². The van der Waals surface area contributed by atoms with Gasteiger partial charge in [-0.1, -0.05) is 30.2 Å². The van der Waals surface area contributed by atoms with Gasteiger partial charge in [-0.25, -0.2) is 4.98 Å². The fourth-order valence-electron chi connectivity index (χ4n) is 3.15. The van der Waals surface area contributed by atoms with Crippen molar-refractivity contribution in [2.75, 3.05) is 12.4 Å². The van der Waals surface area contributed by atoms with Gasteiger partial charge in [-0.15, -0.1) is 0 Å². The minimum Gasteiger partial charge on any atom is -0.312 e. The van der Waals surface area contributed by atoms with Gasteiger partial charge in [0.1, 0.15) is 6.29 Å². The van der Waals surface area contributed by atoms with E-state index in [1.165, 1.54) is 12.4 Å². The number of hydrogen-bond donors (Lipinski definition) is 3. The lowest BCUT2D eigenvalue weighted by Crippen LogP contribution is -2.30. The smallest absolute Gasteiger partial charge is 0.234 e. The van der Waals surface area contributed by atoms with Crippen LogP contribution in [0, 0.1) is 28.6 Å². The second-order valence-electron chi connectivity index (χ2n) is 7.01. The number of aliphatic imine (C=N–C) groups is 1. The van der Waals surface area contributed by atoms with Crippen LogP contribution in [0.4, 0.5) is 5.82 Å². The van der Waals surface area contributed by atoms with E-state index in [2.05, 4.69) is 20.3 Å². The highest BCUT2D eigenvalue weighted by Gasteiger charge is 2.25. The molecule has 1 aromatic rings. The summed E-state index contributed by atoms with van der Waals surface area (Å²) in [7, 11) is 1.69. The molecule has 0 radical (unpaired) electrons. The van der Waals surface area contributed by atoms with Gasteiger partial charge in [-0.05, 0) is 13.3 Å². The molecule has 152 valence electrons. The van der Waals surface area contributed by atoms with Crippen molar-refractivity contribution < 1.29 is 9.59 Å². The molecule has 1 aromatic heterocycles. The van der Waals surface area contributed by atoms with Crippen molar-refractivity contribution in [2.45, 2.75) is 26.2 Å². The van der Waals surface area contributed by atoms with E-state index in [-0.39, 0.29) is 17.7 Å². The third-order valence-corrected chi connectivity index (χ3v) is 5.01. The maximum Gasteiger partial charge on any atom is 0.234 e. The highest BCUT2D eigenvalue weighted by molar-refractivity contribution is 6.02. The second-order valence-corrected chi connectivity index (χ2v) is 7.01. The van der Waals surface area contributed by atoms with Gasteiger partial charge in [0.2, 0.25) is 5.91 Å². The van der Waals surface area contributed by atoms with Crippen LogP contribution in [0.3, 0.4) is 0 Å². The van der Waals surface area contributed by atoms with Gasteiger partial charge in [-0.2, -0.15) is 0 Å². The Kier molecular flexibility index (Phi) is 7.82. The molecule has 1 heterocycles. The Morgan fingerprint density at radius 1 is 1.28 bits per heavy atom. The van der Waals surface area contributed by atoms with E-state index >= 15 is 0 Å². The number of nitrogens with one attached hydrogen (secondary N) is 3. The lowest BCUT2D eigenvalue weighted by molar-refractivity contribution is -0.122. The average molecular weight is 394 g/mol. The Bertz CT molecular complexity index is 856. The zero-order valence-electron chi connectivity index (χ0n) is 16.8. The molecule has 2 rings (SSSR count). The Morgan fingerprint density at radius 2 is 2.03 bits per heavy atom. The van der Waals surface area contributed by atoms with Crippen LogP contribution in [0.25, 0.3) is 0 Å². The largest absolute Gasteiger partial charge is 0.312 e. The zero-order valence-corrected chi connectivity index (χ0v) is 16.8. The van der Waals surface area contributed by atoms with Crippen LogP contribution in [0.1, 0.15) is 31.9 Å². The number of aromatic nitrogens is 2. The monoisotopic (exact) mass is 394 g/mol. The van der Waals surface area contributed by atoms with Gasteiger partial charge in [0.05, 0.1) is 24.0 Å². The van der Waals surface area contributed by atoms with E-state index in [0.717, 1.165) is 23.1 Å². The molecule has 1 amide bonds. The molecular formula is C21H26N6O2. The van der Waals surface area contributed by atoms with Crippen LogP contribution in [-0.2, 0) is 9.59 Å². The number of allylic oxidation sites excluding steroid dienone is 4. The first kappa shape index (κ1) is 22.0. The number of nitrogens with zero attached hydrogens (tertiary/aromatic N) is 3. The summed E-state index contributed by atoms with van der Waals surface area (Å²) in [6.45, 7) is 3.61. The molecule has 0 fully saturated rings. The number of anilines is 1. The normalized spacial score (nSPS) is 19.5. The minimum absolute atomic E-state index is 0.0318. The molecule has 0 aliphatic heterocycles. The second kappa shape index (κ2) is 10.3. The summed E-state index contributed by atoms with van der Waals surface area (Å²) in [6.07, 6.45) is 12.6. The minimum atomic E-state index is -0.844. The molecule has 0 spiro atoms. The van der Waals surface area contributed by atoms with Gasteiger partial charge in [-0.3, -0.25) is 14.8 Å². The van der Waals surface area contributed by atoms with Crippen molar-refractivity contribution in [3.8, 4) is 0 Å². The first-order valence-electron chi connectivity index (χ1n) is 9.33. The first-order chi connectivity index (χ1) is 13.9. The quantitative estimate of drug-likeness (QED) is 0.439. The molecule has 4 atom stereocenters. The van der Waals surface area contributed by atoms with Crippen molar-refractivity contribution >= 4 is 36.7 Å². The molecular weight excluding hydrogens is 368 g/mol. The van der Waals surface area contributed by atoms with Crippen LogP contribution < -0.4 is 5.32 Å². The van der Waals surface area contributed by atoms with E-state index in [1.807, 2.05) is 19.1 Å². The van der Waals surface area contributed by atoms with E-state index < -0.39 is 17.7 Å².